The third-order valence-electron chi connectivity index (χ3n) is 3.87. The third kappa shape index (κ3) is 2.98. The summed E-state index contributed by atoms with van der Waals surface area (Å²) in [5.41, 5.74) is -0.309. The van der Waals surface area contributed by atoms with Gasteiger partial charge in [-0.25, -0.2) is 0 Å². The Hall–Kier alpha value is -0.0400. The third-order valence-corrected chi connectivity index (χ3v) is 3.87. The van der Waals surface area contributed by atoms with Crippen LogP contribution in [0.15, 0.2) is 0 Å². The zero-order valence-corrected chi connectivity index (χ0v) is 10.1. The largest absolute Gasteiger partial charge is 0.390 e. The van der Waals surface area contributed by atoms with Crippen LogP contribution in [0.2, 0.25) is 0 Å². The molecule has 2 unspecified atom stereocenters. The average molecular weight is 198 g/mol. The van der Waals surface area contributed by atoms with Gasteiger partial charge in [0.05, 0.1) is 5.60 Å². The second-order valence-electron chi connectivity index (χ2n) is 5.37. The predicted molar refractivity (Wildman–Crippen MR) is 61.3 cm³/mol. The van der Waals surface area contributed by atoms with E-state index in [0.29, 0.717) is 5.92 Å². The standard InChI is InChI=1S/C13H26O/c1-4-13(14)10-6-9-12(13)8-5-7-11(2)3/h11-12,14H,4-10H2,1-3H3. The molecule has 0 aromatic heterocycles. The van der Waals surface area contributed by atoms with Crippen LogP contribution in [0.1, 0.15) is 65.7 Å². The molecule has 0 bridgehead atoms. The van der Waals surface area contributed by atoms with Gasteiger partial charge >= 0.3 is 0 Å². The second kappa shape index (κ2) is 5.16. The maximum atomic E-state index is 10.3. The van der Waals surface area contributed by atoms with Crippen LogP contribution in [0.4, 0.5) is 0 Å². The van der Waals surface area contributed by atoms with E-state index < -0.39 is 0 Å². The summed E-state index contributed by atoms with van der Waals surface area (Å²) in [5, 5.41) is 10.3. The van der Waals surface area contributed by atoms with E-state index in [1.54, 1.807) is 0 Å². The highest BCUT2D eigenvalue weighted by atomic mass is 16.3. The first kappa shape index (κ1) is 12.0. The molecule has 1 N–H and O–H groups in total. The van der Waals surface area contributed by atoms with Crippen molar-refractivity contribution in [2.45, 2.75) is 71.3 Å². The first-order valence-electron chi connectivity index (χ1n) is 6.31. The summed E-state index contributed by atoms with van der Waals surface area (Å²) in [5.74, 6) is 1.40. The Bertz CT molecular complexity index is 165. The van der Waals surface area contributed by atoms with Gasteiger partial charge in [-0.05, 0) is 37.5 Å². The normalized spacial score (nSPS) is 32.8. The van der Waals surface area contributed by atoms with E-state index in [1.807, 2.05) is 0 Å². The van der Waals surface area contributed by atoms with E-state index in [1.165, 1.54) is 32.1 Å². The van der Waals surface area contributed by atoms with E-state index in [4.69, 9.17) is 0 Å². The minimum absolute atomic E-state index is 0.309. The number of hydrogen-bond acceptors (Lipinski definition) is 1. The quantitative estimate of drug-likeness (QED) is 0.713. The Morgan fingerprint density at radius 3 is 2.71 bits per heavy atom. The van der Waals surface area contributed by atoms with E-state index in [9.17, 15) is 5.11 Å². The lowest BCUT2D eigenvalue weighted by Crippen LogP contribution is -2.32. The molecule has 14 heavy (non-hydrogen) atoms. The Morgan fingerprint density at radius 2 is 2.14 bits per heavy atom. The number of hydrogen-bond donors (Lipinski definition) is 1. The fourth-order valence-electron chi connectivity index (χ4n) is 2.78. The fourth-order valence-corrected chi connectivity index (χ4v) is 2.78. The predicted octanol–water partition coefficient (Wildman–Crippen LogP) is 3.75. The molecular formula is C13H26O. The van der Waals surface area contributed by atoms with Gasteiger partial charge in [-0.3, -0.25) is 0 Å². The molecule has 0 saturated heterocycles. The average Bonchev–Trinajstić information content (AvgIpc) is 2.48. The van der Waals surface area contributed by atoms with Gasteiger partial charge in [0, 0.05) is 0 Å². The Labute approximate surface area is 88.9 Å². The van der Waals surface area contributed by atoms with Crippen molar-refractivity contribution in [3.63, 3.8) is 0 Å². The number of rotatable bonds is 5. The summed E-state index contributed by atoms with van der Waals surface area (Å²) in [4.78, 5) is 0. The molecule has 1 heteroatoms. The smallest absolute Gasteiger partial charge is 0.0673 e. The maximum absolute atomic E-state index is 10.3. The lowest BCUT2D eigenvalue weighted by atomic mass is 9.84. The first-order valence-corrected chi connectivity index (χ1v) is 6.31. The van der Waals surface area contributed by atoms with Crippen molar-refractivity contribution in [3.05, 3.63) is 0 Å². The topological polar surface area (TPSA) is 20.2 Å². The second-order valence-corrected chi connectivity index (χ2v) is 5.37. The molecule has 0 amide bonds. The van der Waals surface area contributed by atoms with Crippen LogP contribution in [0, 0.1) is 11.8 Å². The molecule has 0 heterocycles. The summed E-state index contributed by atoms with van der Waals surface area (Å²) in [7, 11) is 0. The zero-order valence-electron chi connectivity index (χ0n) is 10.1. The highest BCUT2D eigenvalue weighted by molar-refractivity contribution is 4.90. The molecular weight excluding hydrogens is 172 g/mol. The molecule has 84 valence electrons. The Morgan fingerprint density at radius 1 is 1.43 bits per heavy atom. The molecule has 0 aromatic carbocycles. The fraction of sp³-hybridized carbons (Fsp3) is 1.00. The Balaban J connectivity index is 2.29. The molecule has 1 fully saturated rings. The van der Waals surface area contributed by atoms with Gasteiger partial charge in [0.1, 0.15) is 0 Å². The summed E-state index contributed by atoms with van der Waals surface area (Å²) < 4.78 is 0. The van der Waals surface area contributed by atoms with E-state index >= 15 is 0 Å². The molecule has 1 aliphatic carbocycles. The molecule has 0 aliphatic heterocycles. The molecule has 0 radical (unpaired) electrons. The number of aliphatic hydroxyl groups is 1. The van der Waals surface area contributed by atoms with Gasteiger partial charge in [0.15, 0.2) is 0 Å². The van der Waals surface area contributed by atoms with Crippen molar-refractivity contribution in [1.29, 1.82) is 0 Å². The van der Waals surface area contributed by atoms with Gasteiger partial charge in [0.25, 0.3) is 0 Å². The van der Waals surface area contributed by atoms with E-state index in [2.05, 4.69) is 20.8 Å². The van der Waals surface area contributed by atoms with Gasteiger partial charge in [-0.15, -0.1) is 0 Å². The molecule has 0 spiro atoms. The van der Waals surface area contributed by atoms with Crippen LogP contribution >= 0.6 is 0 Å². The van der Waals surface area contributed by atoms with E-state index in [-0.39, 0.29) is 5.60 Å². The van der Waals surface area contributed by atoms with Crippen LogP contribution in [-0.4, -0.2) is 10.7 Å². The molecule has 1 rings (SSSR count). The summed E-state index contributed by atoms with van der Waals surface area (Å²) in [6, 6.07) is 0. The van der Waals surface area contributed by atoms with E-state index in [0.717, 1.165) is 18.8 Å². The minimum Gasteiger partial charge on any atom is -0.390 e. The van der Waals surface area contributed by atoms with Crippen LogP contribution < -0.4 is 0 Å². The SMILES string of the molecule is CCC1(O)CCCC1CCCC(C)C. The van der Waals surface area contributed by atoms with Crippen LogP contribution in [0.3, 0.4) is 0 Å². The van der Waals surface area contributed by atoms with Crippen LogP contribution in [-0.2, 0) is 0 Å². The Kier molecular flexibility index (Phi) is 4.43. The molecule has 2 atom stereocenters. The van der Waals surface area contributed by atoms with Crippen molar-refractivity contribution >= 4 is 0 Å². The van der Waals surface area contributed by atoms with Crippen molar-refractivity contribution in [1.82, 2.24) is 0 Å². The van der Waals surface area contributed by atoms with Gasteiger partial charge in [-0.2, -0.15) is 0 Å². The van der Waals surface area contributed by atoms with Gasteiger partial charge < -0.3 is 5.11 Å². The maximum Gasteiger partial charge on any atom is 0.0673 e. The van der Waals surface area contributed by atoms with Crippen LogP contribution in [0.25, 0.3) is 0 Å². The summed E-state index contributed by atoms with van der Waals surface area (Å²) in [6.45, 7) is 6.68. The van der Waals surface area contributed by atoms with Crippen molar-refractivity contribution < 1.29 is 5.11 Å². The van der Waals surface area contributed by atoms with Crippen LogP contribution in [0.5, 0.6) is 0 Å². The van der Waals surface area contributed by atoms with Gasteiger partial charge in [0.2, 0.25) is 0 Å². The molecule has 1 aliphatic rings. The highest BCUT2D eigenvalue weighted by Crippen LogP contribution is 2.40. The minimum atomic E-state index is -0.309. The lowest BCUT2D eigenvalue weighted by Gasteiger charge is -2.29. The van der Waals surface area contributed by atoms with Gasteiger partial charge in [-0.1, -0.05) is 40.0 Å². The molecule has 1 saturated carbocycles. The van der Waals surface area contributed by atoms with Crippen molar-refractivity contribution in [2.75, 3.05) is 0 Å². The molecule has 0 aromatic rings. The highest BCUT2D eigenvalue weighted by Gasteiger charge is 2.38. The summed E-state index contributed by atoms with van der Waals surface area (Å²) in [6.07, 6.45) is 8.32. The monoisotopic (exact) mass is 198 g/mol. The summed E-state index contributed by atoms with van der Waals surface area (Å²) >= 11 is 0. The van der Waals surface area contributed by atoms with Crippen molar-refractivity contribution in [2.24, 2.45) is 11.8 Å². The lowest BCUT2D eigenvalue weighted by molar-refractivity contribution is -0.00523. The zero-order chi connectivity index (χ0) is 10.6. The first-order chi connectivity index (χ1) is 6.58. The van der Waals surface area contributed by atoms with Crippen molar-refractivity contribution in [3.8, 4) is 0 Å². The molecule has 1 nitrogen and oxygen atoms in total.